The fourth-order valence-electron chi connectivity index (χ4n) is 1.32. The number of carbonyl (C=O) groups excluding carboxylic acids is 1. The minimum absolute atomic E-state index is 0.0905. The molecule has 4 nitrogen and oxygen atoms in total. The molecule has 0 saturated carbocycles. The third-order valence-electron chi connectivity index (χ3n) is 2.29. The zero-order valence-corrected chi connectivity index (χ0v) is 9.94. The molecule has 0 radical (unpaired) electrons. The normalized spacial score (nSPS) is 10.6. The van der Waals surface area contributed by atoms with Crippen LogP contribution in [0.1, 0.15) is 24.5 Å². The van der Waals surface area contributed by atoms with E-state index in [0.717, 1.165) is 6.08 Å². The van der Waals surface area contributed by atoms with E-state index in [2.05, 4.69) is 5.32 Å². The summed E-state index contributed by atoms with van der Waals surface area (Å²) < 4.78 is 13.4. The molecule has 2 N–H and O–H groups in total. The van der Waals surface area contributed by atoms with Gasteiger partial charge in [0.2, 0.25) is 5.91 Å². The number of carboxylic acid groups (broad SMARTS) is 1. The fourth-order valence-corrected chi connectivity index (χ4v) is 1.32. The van der Waals surface area contributed by atoms with E-state index in [1.807, 2.05) is 0 Å². The summed E-state index contributed by atoms with van der Waals surface area (Å²) >= 11 is 0. The number of hydrogen-bond donors (Lipinski definition) is 2. The maximum Gasteiger partial charge on any atom is 0.328 e. The van der Waals surface area contributed by atoms with Crippen LogP contribution in [0.2, 0.25) is 0 Å². The van der Waals surface area contributed by atoms with Crippen molar-refractivity contribution in [1.82, 2.24) is 5.32 Å². The third kappa shape index (κ3) is 4.37. The first-order valence-corrected chi connectivity index (χ1v) is 5.49. The van der Waals surface area contributed by atoms with Crippen LogP contribution in [0.5, 0.6) is 0 Å². The number of aliphatic carboxylic acids is 1. The van der Waals surface area contributed by atoms with Crippen molar-refractivity contribution < 1.29 is 19.1 Å². The number of halogens is 1. The molecule has 0 bridgehead atoms. The maximum atomic E-state index is 13.4. The number of nitrogens with one attached hydrogen (secondary N) is 1. The molecule has 0 saturated heterocycles. The molecule has 96 valence electrons. The monoisotopic (exact) mass is 251 g/mol. The molecule has 0 atom stereocenters. The van der Waals surface area contributed by atoms with Crippen molar-refractivity contribution in [1.29, 1.82) is 0 Å². The van der Waals surface area contributed by atoms with Crippen molar-refractivity contribution in [2.45, 2.75) is 19.9 Å². The van der Waals surface area contributed by atoms with Crippen molar-refractivity contribution in [2.75, 3.05) is 0 Å². The molecule has 1 aromatic rings. The lowest BCUT2D eigenvalue weighted by Gasteiger charge is -2.06. The van der Waals surface area contributed by atoms with E-state index >= 15 is 0 Å². The summed E-state index contributed by atoms with van der Waals surface area (Å²) in [5, 5.41) is 11.1. The molecular weight excluding hydrogens is 237 g/mol. The van der Waals surface area contributed by atoms with Crippen molar-refractivity contribution >= 4 is 18.0 Å². The molecule has 18 heavy (non-hydrogen) atoms. The predicted octanol–water partition coefficient (Wildman–Crippen LogP) is 1.95. The van der Waals surface area contributed by atoms with Gasteiger partial charge in [0, 0.05) is 24.6 Å². The zero-order chi connectivity index (χ0) is 13.5. The van der Waals surface area contributed by atoms with Crippen molar-refractivity contribution in [3.63, 3.8) is 0 Å². The van der Waals surface area contributed by atoms with Gasteiger partial charge >= 0.3 is 5.97 Å². The van der Waals surface area contributed by atoms with Crippen LogP contribution < -0.4 is 5.32 Å². The Kier molecular flexibility index (Phi) is 5.05. The van der Waals surface area contributed by atoms with Gasteiger partial charge in [-0.15, -0.1) is 0 Å². The van der Waals surface area contributed by atoms with Crippen LogP contribution in [0.15, 0.2) is 24.3 Å². The van der Waals surface area contributed by atoms with Gasteiger partial charge in [0.05, 0.1) is 0 Å². The Morgan fingerprint density at radius 3 is 2.78 bits per heavy atom. The van der Waals surface area contributed by atoms with E-state index < -0.39 is 11.8 Å². The highest BCUT2D eigenvalue weighted by Gasteiger charge is 2.04. The molecule has 0 fully saturated rings. The van der Waals surface area contributed by atoms with Gasteiger partial charge in [-0.1, -0.05) is 13.0 Å². The number of benzene rings is 1. The Bertz CT molecular complexity index is 483. The average Bonchev–Trinajstić information content (AvgIpc) is 2.35. The number of amides is 1. The molecule has 0 unspecified atom stereocenters. The molecule has 1 aromatic carbocycles. The van der Waals surface area contributed by atoms with Gasteiger partial charge in [-0.25, -0.2) is 9.18 Å². The summed E-state index contributed by atoms with van der Waals surface area (Å²) in [6, 6.07) is 4.22. The van der Waals surface area contributed by atoms with Crippen LogP contribution in [0.3, 0.4) is 0 Å². The smallest absolute Gasteiger partial charge is 0.328 e. The van der Waals surface area contributed by atoms with Gasteiger partial charge in [0.25, 0.3) is 0 Å². The van der Waals surface area contributed by atoms with E-state index in [9.17, 15) is 14.0 Å². The fraction of sp³-hybridized carbons (Fsp3) is 0.231. The van der Waals surface area contributed by atoms with Crippen molar-refractivity contribution in [2.24, 2.45) is 0 Å². The SMILES string of the molecule is CCC(=O)NCc1cc(C=CC(=O)O)ccc1F. The predicted molar refractivity (Wildman–Crippen MR) is 65.2 cm³/mol. The Morgan fingerprint density at radius 1 is 1.44 bits per heavy atom. The van der Waals surface area contributed by atoms with E-state index in [4.69, 9.17) is 5.11 Å². The highest BCUT2D eigenvalue weighted by molar-refractivity contribution is 5.85. The Labute approximate surface area is 104 Å². The summed E-state index contributed by atoms with van der Waals surface area (Å²) in [6.45, 7) is 1.80. The van der Waals surface area contributed by atoms with Crippen LogP contribution >= 0.6 is 0 Å². The van der Waals surface area contributed by atoms with Crippen molar-refractivity contribution in [3.05, 3.63) is 41.2 Å². The number of rotatable bonds is 5. The number of carbonyl (C=O) groups is 2. The Hall–Kier alpha value is -2.17. The molecule has 0 spiro atoms. The highest BCUT2D eigenvalue weighted by Crippen LogP contribution is 2.12. The minimum Gasteiger partial charge on any atom is -0.478 e. The molecule has 1 rings (SSSR count). The second-order valence-electron chi connectivity index (χ2n) is 3.65. The molecule has 0 aliphatic rings. The van der Waals surface area contributed by atoms with Gasteiger partial charge in [-0.2, -0.15) is 0 Å². The summed E-state index contributed by atoms with van der Waals surface area (Å²) in [7, 11) is 0. The van der Waals surface area contributed by atoms with Gasteiger partial charge in [-0.3, -0.25) is 4.79 Å². The van der Waals surface area contributed by atoms with Gasteiger partial charge < -0.3 is 10.4 Å². The molecule has 0 aliphatic carbocycles. The van der Waals surface area contributed by atoms with Crippen LogP contribution in [0.4, 0.5) is 4.39 Å². The lowest BCUT2D eigenvalue weighted by atomic mass is 10.1. The first kappa shape index (κ1) is 13.9. The van der Waals surface area contributed by atoms with E-state index in [1.54, 1.807) is 6.92 Å². The highest BCUT2D eigenvalue weighted by atomic mass is 19.1. The second kappa shape index (κ2) is 6.54. The molecule has 0 aromatic heterocycles. The molecule has 5 heteroatoms. The number of hydrogen-bond acceptors (Lipinski definition) is 2. The maximum absolute atomic E-state index is 13.4. The average molecular weight is 251 g/mol. The van der Waals surface area contributed by atoms with Crippen LogP contribution in [-0.2, 0) is 16.1 Å². The van der Waals surface area contributed by atoms with Gasteiger partial charge in [-0.05, 0) is 23.8 Å². The summed E-state index contributed by atoms with van der Waals surface area (Å²) in [6.07, 6.45) is 2.68. The first-order chi connectivity index (χ1) is 8.52. The minimum atomic E-state index is -1.07. The first-order valence-electron chi connectivity index (χ1n) is 5.49. The second-order valence-corrected chi connectivity index (χ2v) is 3.65. The molecule has 0 heterocycles. The summed E-state index contributed by atoms with van der Waals surface area (Å²) in [5.74, 6) is -1.67. The third-order valence-corrected chi connectivity index (χ3v) is 2.29. The van der Waals surface area contributed by atoms with E-state index in [0.29, 0.717) is 17.5 Å². The Morgan fingerprint density at radius 2 is 2.17 bits per heavy atom. The number of carboxylic acids is 1. The standard InChI is InChI=1S/C13H14FNO3/c1-2-12(16)15-8-10-7-9(3-5-11(10)14)4-6-13(17)18/h3-7H,2,8H2,1H3,(H,15,16)(H,17,18). The molecule has 0 aliphatic heterocycles. The van der Waals surface area contributed by atoms with Crippen LogP contribution in [0, 0.1) is 5.82 Å². The lowest BCUT2D eigenvalue weighted by Crippen LogP contribution is -2.22. The topological polar surface area (TPSA) is 66.4 Å². The van der Waals surface area contributed by atoms with Crippen molar-refractivity contribution in [3.8, 4) is 0 Å². The van der Waals surface area contributed by atoms with Crippen LogP contribution in [-0.4, -0.2) is 17.0 Å². The summed E-state index contributed by atoms with van der Waals surface area (Å²) in [5.41, 5.74) is 0.892. The van der Waals surface area contributed by atoms with Crippen LogP contribution in [0.25, 0.3) is 6.08 Å². The van der Waals surface area contributed by atoms with Gasteiger partial charge in [0.15, 0.2) is 0 Å². The zero-order valence-electron chi connectivity index (χ0n) is 9.94. The van der Waals surface area contributed by atoms with Gasteiger partial charge in [0.1, 0.15) is 5.82 Å². The largest absolute Gasteiger partial charge is 0.478 e. The Balaban J connectivity index is 2.81. The summed E-state index contributed by atoms with van der Waals surface area (Å²) in [4.78, 5) is 21.4. The van der Waals surface area contributed by atoms with E-state index in [1.165, 1.54) is 24.3 Å². The molecular formula is C13H14FNO3. The lowest BCUT2D eigenvalue weighted by molar-refractivity contribution is -0.131. The quantitative estimate of drug-likeness (QED) is 0.786. The molecule has 1 amide bonds. The van der Waals surface area contributed by atoms with E-state index in [-0.39, 0.29) is 12.5 Å².